The van der Waals surface area contributed by atoms with E-state index < -0.39 is 0 Å². The van der Waals surface area contributed by atoms with E-state index in [2.05, 4.69) is 82.9 Å². The highest BCUT2D eigenvalue weighted by atomic mass is 15.4. The van der Waals surface area contributed by atoms with E-state index in [9.17, 15) is 0 Å². The average molecular weight is 574 g/mol. The van der Waals surface area contributed by atoms with Gasteiger partial charge in [-0.2, -0.15) is 15.0 Å². The fraction of sp³-hybridized carbons (Fsp3) is 0.906. The van der Waals surface area contributed by atoms with Gasteiger partial charge in [-0.05, 0) is 108 Å². The van der Waals surface area contributed by atoms with Crippen molar-refractivity contribution in [2.24, 2.45) is 0 Å². The first-order chi connectivity index (χ1) is 18.8. The maximum atomic E-state index is 4.97. The summed E-state index contributed by atoms with van der Waals surface area (Å²) in [7, 11) is 10.3. The Labute approximate surface area is 252 Å². The molecule has 0 unspecified atom stereocenters. The van der Waals surface area contributed by atoms with Crippen LogP contribution in [0.25, 0.3) is 0 Å². The Kier molecular flexibility index (Phi) is 10.6. The van der Waals surface area contributed by atoms with Crippen LogP contribution in [-0.2, 0) is 0 Å². The van der Waals surface area contributed by atoms with Gasteiger partial charge >= 0.3 is 0 Å². The first kappa shape index (κ1) is 33.8. The normalized spacial score (nSPS) is 22.1. The third-order valence-electron chi connectivity index (χ3n) is 8.72. The van der Waals surface area contributed by atoms with Crippen LogP contribution < -0.4 is 25.3 Å². The molecule has 2 N–H and O–H groups in total. The lowest BCUT2D eigenvalue weighted by Crippen LogP contribution is -2.62. The molecule has 3 heterocycles. The van der Waals surface area contributed by atoms with Gasteiger partial charge in [0, 0.05) is 69.0 Å². The zero-order valence-corrected chi connectivity index (χ0v) is 28.9. The molecule has 9 heteroatoms. The monoisotopic (exact) mass is 574 g/mol. The molecule has 0 radical (unpaired) electrons. The molecular weight excluding hydrogens is 510 g/mol. The summed E-state index contributed by atoms with van der Waals surface area (Å²) in [6.45, 7) is 20.8. The predicted molar refractivity (Wildman–Crippen MR) is 176 cm³/mol. The van der Waals surface area contributed by atoms with Crippen LogP contribution in [-0.4, -0.2) is 102 Å². The van der Waals surface area contributed by atoms with Crippen molar-refractivity contribution in [2.45, 2.75) is 141 Å². The Morgan fingerprint density at radius 3 is 1.32 bits per heavy atom. The second kappa shape index (κ2) is 12.9. The molecule has 0 aliphatic carbocycles. The third-order valence-corrected chi connectivity index (χ3v) is 8.72. The first-order valence-electron chi connectivity index (χ1n) is 15.9. The number of nitrogens with zero attached hydrogens (tertiary/aromatic N) is 7. The minimum atomic E-state index is 0.0504. The van der Waals surface area contributed by atoms with Crippen LogP contribution in [0, 0.1) is 0 Å². The Morgan fingerprint density at radius 1 is 0.537 bits per heavy atom. The molecule has 2 aliphatic rings. The van der Waals surface area contributed by atoms with Crippen molar-refractivity contribution in [3.05, 3.63) is 0 Å². The standard InChI is InChI=1S/C32H63N9/c1-29(2)20-24(21-30(3,4)36-29)40(13)18-16-14-15-17-19-41(25-22-31(5,6)37-32(7,8)23-25)28-34-26(38(9)10)33-27(35-28)39(11)12/h24-25,36-37H,14-23H2,1-13H3. The molecule has 2 saturated heterocycles. The van der Waals surface area contributed by atoms with Gasteiger partial charge in [0.1, 0.15) is 0 Å². The van der Waals surface area contributed by atoms with Gasteiger partial charge in [0.15, 0.2) is 0 Å². The highest BCUT2D eigenvalue weighted by Crippen LogP contribution is 2.34. The van der Waals surface area contributed by atoms with E-state index in [1.807, 2.05) is 38.0 Å². The van der Waals surface area contributed by atoms with Crippen LogP contribution >= 0.6 is 0 Å². The number of anilines is 3. The van der Waals surface area contributed by atoms with Crippen molar-refractivity contribution >= 4 is 17.8 Å². The van der Waals surface area contributed by atoms with Crippen LogP contribution in [0.5, 0.6) is 0 Å². The smallest absolute Gasteiger partial charge is 0.232 e. The Balaban J connectivity index is 1.66. The van der Waals surface area contributed by atoms with Gasteiger partial charge in [-0.3, -0.25) is 0 Å². The van der Waals surface area contributed by atoms with Crippen molar-refractivity contribution in [1.82, 2.24) is 30.5 Å². The van der Waals surface area contributed by atoms with Gasteiger partial charge in [-0.15, -0.1) is 0 Å². The van der Waals surface area contributed by atoms with Crippen molar-refractivity contribution in [3.63, 3.8) is 0 Å². The van der Waals surface area contributed by atoms with Crippen LogP contribution in [0.2, 0.25) is 0 Å². The molecule has 1 aromatic heterocycles. The summed E-state index contributed by atoms with van der Waals surface area (Å²) < 4.78 is 0. The van der Waals surface area contributed by atoms with Crippen molar-refractivity contribution in [3.8, 4) is 0 Å². The number of hydrogen-bond acceptors (Lipinski definition) is 9. The Morgan fingerprint density at radius 2 is 0.902 bits per heavy atom. The highest BCUT2D eigenvalue weighted by molar-refractivity contribution is 5.46. The van der Waals surface area contributed by atoms with Gasteiger partial charge in [0.05, 0.1) is 0 Å². The molecule has 2 fully saturated rings. The first-order valence-corrected chi connectivity index (χ1v) is 15.9. The molecule has 0 aromatic carbocycles. The molecule has 0 saturated carbocycles. The number of hydrogen-bond donors (Lipinski definition) is 2. The van der Waals surface area contributed by atoms with E-state index in [-0.39, 0.29) is 22.2 Å². The quantitative estimate of drug-likeness (QED) is 0.339. The molecule has 236 valence electrons. The van der Waals surface area contributed by atoms with Crippen LogP contribution in [0.15, 0.2) is 0 Å². The minimum absolute atomic E-state index is 0.0504. The van der Waals surface area contributed by atoms with Crippen molar-refractivity contribution in [2.75, 3.05) is 63.0 Å². The number of nitrogens with one attached hydrogen (secondary N) is 2. The van der Waals surface area contributed by atoms with Gasteiger partial charge in [0.25, 0.3) is 0 Å². The molecular formula is C32H63N9. The van der Waals surface area contributed by atoms with E-state index >= 15 is 0 Å². The fourth-order valence-electron chi connectivity index (χ4n) is 7.57. The Bertz CT molecular complexity index is 927. The van der Waals surface area contributed by atoms with Crippen LogP contribution in [0.3, 0.4) is 0 Å². The number of rotatable bonds is 12. The SMILES string of the molecule is CN(C)c1nc(N(C)C)nc(N(CCCCCCN(C)C2CC(C)(C)NC(C)(C)C2)C2CC(C)(C)NC(C)(C)C2)n1. The molecule has 9 nitrogen and oxygen atoms in total. The van der Waals surface area contributed by atoms with Crippen LogP contribution in [0.4, 0.5) is 17.8 Å². The fourth-order valence-corrected chi connectivity index (χ4v) is 7.57. The predicted octanol–water partition coefficient (Wildman–Crippen LogP) is 4.92. The van der Waals surface area contributed by atoms with Gasteiger partial charge in [-0.1, -0.05) is 12.8 Å². The molecule has 0 amide bonds. The van der Waals surface area contributed by atoms with Gasteiger partial charge < -0.3 is 30.2 Å². The Hall–Kier alpha value is -1.71. The summed E-state index contributed by atoms with van der Waals surface area (Å²) >= 11 is 0. The number of piperidine rings is 2. The maximum Gasteiger partial charge on any atom is 0.232 e. The van der Waals surface area contributed by atoms with E-state index in [4.69, 9.17) is 15.0 Å². The van der Waals surface area contributed by atoms with Crippen molar-refractivity contribution < 1.29 is 0 Å². The van der Waals surface area contributed by atoms with E-state index in [0.717, 1.165) is 31.8 Å². The lowest BCUT2D eigenvalue weighted by Gasteiger charge is -2.49. The average Bonchev–Trinajstić information content (AvgIpc) is 2.79. The second-order valence-electron chi connectivity index (χ2n) is 16.0. The van der Waals surface area contributed by atoms with Crippen LogP contribution in [0.1, 0.15) is 107 Å². The highest BCUT2D eigenvalue weighted by Gasteiger charge is 2.41. The lowest BCUT2D eigenvalue weighted by molar-refractivity contribution is 0.0805. The summed E-state index contributed by atoms with van der Waals surface area (Å²) in [5, 5.41) is 7.68. The molecule has 0 atom stereocenters. The van der Waals surface area contributed by atoms with Gasteiger partial charge in [-0.25, -0.2) is 0 Å². The summed E-state index contributed by atoms with van der Waals surface area (Å²) in [6, 6.07) is 1.01. The molecule has 0 spiro atoms. The molecule has 0 bridgehead atoms. The zero-order chi connectivity index (χ0) is 30.8. The van der Waals surface area contributed by atoms with Crippen molar-refractivity contribution in [1.29, 1.82) is 0 Å². The molecule has 2 aliphatic heterocycles. The molecule has 41 heavy (non-hydrogen) atoms. The largest absolute Gasteiger partial charge is 0.347 e. The molecule has 1 aromatic rings. The lowest BCUT2D eigenvalue weighted by atomic mass is 9.79. The van der Waals surface area contributed by atoms with E-state index in [1.165, 1.54) is 38.6 Å². The minimum Gasteiger partial charge on any atom is -0.347 e. The third kappa shape index (κ3) is 9.92. The summed E-state index contributed by atoms with van der Waals surface area (Å²) in [6.07, 6.45) is 9.40. The number of unbranched alkanes of at least 4 members (excludes halogenated alkanes) is 3. The topological polar surface area (TPSA) is 75.7 Å². The summed E-state index contributed by atoms with van der Waals surface area (Å²) in [5.74, 6) is 2.23. The zero-order valence-electron chi connectivity index (χ0n) is 28.9. The summed E-state index contributed by atoms with van der Waals surface area (Å²) in [5.41, 5.74) is 0.481. The van der Waals surface area contributed by atoms with E-state index in [0.29, 0.717) is 24.0 Å². The number of aromatic nitrogens is 3. The maximum absolute atomic E-state index is 4.97. The van der Waals surface area contributed by atoms with E-state index in [1.54, 1.807) is 0 Å². The second-order valence-corrected chi connectivity index (χ2v) is 16.0. The van der Waals surface area contributed by atoms with Gasteiger partial charge in [0.2, 0.25) is 17.8 Å². The molecule has 3 rings (SSSR count). The summed E-state index contributed by atoms with van der Waals surface area (Å²) in [4.78, 5) is 23.7.